The number of halogens is 3. The Hall–Kier alpha value is -2.38. The van der Waals surface area contributed by atoms with Crippen molar-refractivity contribution in [1.82, 2.24) is 14.8 Å². The predicted octanol–water partition coefficient (Wildman–Crippen LogP) is 2.90. The lowest BCUT2D eigenvalue weighted by atomic mass is 10.2. The molecule has 1 heterocycles. The molecular formula is C14H14F3N3O2. The van der Waals surface area contributed by atoms with Gasteiger partial charge < -0.3 is 14.1 Å². The normalized spacial score (nSPS) is 11.5. The molecule has 0 saturated carbocycles. The molecule has 0 N–H and O–H groups in total. The van der Waals surface area contributed by atoms with Gasteiger partial charge >= 0.3 is 6.36 Å². The number of hydrogen-bond acceptors (Lipinski definition) is 4. The van der Waals surface area contributed by atoms with Crippen LogP contribution < -0.4 is 4.74 Å². The molecule has 0 atom stereocenters. The van der Waals surface area contributed by atoms with Crippen LogP contribution in [0.2, 0.25) is 0 Å². The summed E-state index contributed by atoms with van der Waals surface area (Å²) in [5.74, 6) is 0.969. The highest BCUT2D eigenvalue weighted by Crippen LogP contribution is 2.25. The van der Waals surface area contributed by atoms with Crippen LogP contribution in [0.15, 0.2) is 24.3 Å². The fourth-order valence-electron chi connectivity index (χ4n) is 1.98. The molecule has 0 aliphatic carbocycles. The predicted molar refractivity (Wildman–Crippen MR) is 72.1 cm³/mol. The first-order valence-electron chi connectivity index (χ1n) is 6.59. The third-order valence-corrected chi connectivity index (χ3v) is 3.03. The second-order valence-electron chi connectivity index (χ2n) is 4.63. The molecule has 0 aliphatic rings. The zero-order valence-electron chi connectivity index (χ0n) is 11.8. The molecule has 0 fully saturated rings. The number of rotatable bonds is 6. The van der Waals surface area contributed by atoms with Crippen molar-refractivity contribution >= 4 is 6.29 Å². The average molecular weight is 313 g/mol. The van der Waals surface area contributed by atoms with E-state index in [2.05, 4.69) is 14.9 Å². The van der Waals surface area contributed by atoms with Crippen LogP contribution in [-0.2, 0) is 18.3 Å². The van der Waals surface area contributed by atoms with Gasteiger partial charge in [0.15, 0.2) is 5.82 Å². The van der Waals surface area contributed by atoms with E-state index in [0.717, 1.165) is 6.29 Å². The number of ether oxygens (including phenoxy) is 1. The van der Waals surface area contributed by atoms with Crippen molar-refractivity contribution in [3.8, 4) is 17.1 Å². The molecular weight excluding hydrogens is 299 g/mol. The van der Waals surface area contributed by atoms with Crippen LogP contribution in [0.5, 0.6) is 5.75 Å². The molecule has 118 valence electrons. The maximum Gasteiger partial charge on any atom is 0.573 e. The molecule has 1 aromatic heterocycles. The standard InChI is InChI=1S/C14H14F3N3O2/c1-20-12(4-2-3-9-21)18-19-13(20)10-5-7-11(8-6-10)22-14(15,16)17/h5-9H,2-4H2,1H3. The summed E-state index contributed by atoms with van der Waals surface area (Å²) in [6.45, 7) is 0. The van der Waals surface area contributed by atoms with Gasteiger partial charge in [0.05, 0.1) is 0 Å². The monoisotopic (exact) mass is 313 g/mol. The molecule has 0 aliphatic heterocycles. The molecule has 0 amide bonds. The summed E-state index contributed by atoms with van der Waals surface area (Å²) in [4.78, 5) is 10.3. The fraction of sp³-hybridized carbons (Fsp3) is 0.357. The first-order chi connectivity index (χ1) is 10.4. The third kappa shape index (κ3) is 4.06. The third-order valence-electron chi connectivity index (χ3n) is 3.03. The summed E-state index contributed by atoms with van der Waals surface area (Å²) in [6.07, 6.45) is -2.13. The average Bonchev–Trinajstić information content (AvgIpc) is 2.80. The molecule has 0 unspecified atom stereocenters. The van der Waals surface area contributed by atoms with E-state index < -0.39 is 6.36 Å². The number of hydrogen-bond donors (Lipinski definition) is 0. The van der Waals surface area contributed by atoms with Gasteiger partial charge in [-0.05, 0) is 30.7 Å². The first kappa shape index (κ1) is 16.0. The zero-order valence-corrected chi connectivity index (χ0v) is 11.8. The highest BCUT2D eigenvalue weighted by atomic mass is 19.4. The largest absolute Gasteiger partial charge is 0.573 e. The first-order valence-corrected chi connectivity index (χ1v) is 6.59. The van der Waals surface area contributed by atoms with Gasteiger partial charge in [0.1, 0.15) is 17.9 Å². The number of alkyl halides is 3. The lowest BCUT2D eigenvalue weighted by Gasteiger charge is -2.09. The Morgan fingerprint density at radius 2 is 1.91 bits per heavy atom. The van der Waals surface area contributed by atoms with Crippen LogP contribution >= 0.6 is 0 Å². The molecule has 0 saturated heterocycles. The van der Waals surface area contributed by atoms with Gasteiger partial charge in [0, 0.05) is 25.5 Å². The van der Waals surface area contributed by atoms with Crippen LogP contribution in [0.25, 0.3) is 11.4 Å². The number of aryl methyl sites for hydroxylation is 1. The Morgan fingerprint density at radius 3 is 2.50 bits per heavy atom. The molecule has 1 aromatic carbocycles. The van der Waals surface area contributed by atoms with Crippen LogP contribution in [0.3, 0.4) is 0 Å². The number of carbonyl (C=O) groups is 1. The fourth-order valence-corrected chi connectivity index (χ4v) is 1.98. The lowest BCUT2D eigenvalue weighted by Crippen LogP contribution is -2.16. The van der Waals surface area contributed by atoms with Gasteiger partial charge in [-0.15, -0.1) is 23.4 Å². The molecule has 0 radical (unpaired) electrons. The van der Waals surface area contributed by atoms with E-state index in [4.69, 9.17) is 0 Å². The number of aldehydes is 1. The number of aromatic nitrogens is 3. The lowest BCUT2D eigenvalue weighted by molar-refractivity contribution is -0.274. The van der Waals surface area contributed by atoms with Crippen LogP contribution in [0.1, 0.15) is 18.7 Å². The molecule has 8 heteroatoms. The van der Waals surface area contributed by atoms with Gasteiger partial charge in [-0.25, -0.2) is 0 Å². The Balaban J connectivity index is 2.13. The zero-order chi connectivity index (χ0) is 16.2. The smallest absolute Gasteiger partial charge is 0.406 e. The van der Waals surface area contributed by atoms with E-state index in [1.807, 2.05) is 0 Å². The SMILES string of the molecule is Cn1c(CCCC=O)nnc1-c1ccc(OC(F)(F)F)cc1. The van der Waals surface area contributed by atoms with Crippen LogP contribution in [0.4, 0.5) is 13.2 Å². The molecule has 22 heavy (non-hydrogen) atoms. The van der Waals surface area contributed by atoms with Crippen LogP contribution in [0, 0.1) is 0 Å². The van der Waals surface area contributed by atoms with E-state index in [1.165, 1.54) is 24.3 Å². The number of carbonyl (C=O) groups excluding carboxylic acids is 1. The van der Waals surface area contributed by atoms with Gasteiger partial charge in [-0.2, -0.15) is 0 Å². The summed E-state index contributed by atoms with van der Waals surface area (Å²) in [5, 5.41) is 8.06. The second-order valence-corrected chi connectivity index (χ2v) is 4.63. The highest BCUT2D eigenvalue weighted by molar-refractivity contribution is 5.56. The van der Waals surface area contributed by atoms with Crippen molar-refractivity contribution in [2.45, 2.75) is 25.6 Å². The quantitative estimate of drug-likeness (QED) is 0.608. The number of benzene rings is 1. The second kappa shape index (κ2) is 6.59. The van der Waals surface area contributed by atoms with E-state index >= 15 is 0 Å². The van der Waals surface area contributed by atoms with E-state index in [9.17, 15) is 18.0 Å². The summed E-state index contributed by atoms with van der Waals surface area (Å²) >= 11 is 0. The minimum Gasteiger partial charge on any atom is -0.406 e. The maximum absolute atomic E-state index is 12.1. The van der Waals surface area contributed by atoms with Gasteiger partial charge in [-0.1, -0.05) is 0 Å². The Kier molecular flexibility index (Phi) is 4.79. The van der Waals surface area contributed by atoms with Crippen molar-refractivity contribution in [1.29, 1.82) is 0 Å². The summed E-state index contributed by atoms with van der Waals surface area (Å²) in [7, 11) is 1.77. The maximum atomic E-state index is 12.1. The molecule has 2 rings (SSSR count). The Labute approximate surface area is 124 Å². The van der Waals surface area contributed by atoms with Crippen molar-refractivity contribution in [2.75, 3.05) is 0 Å². The number of nitrogens with zero attached hydrogens (tertiary/aromatic N) is 3. The van der Waals surface area contributed by atoms with E-state index in [-0.39, 0.29) is 5.75 Å². The van der Waals surface area contributed by atoms with Crippen LogP contribution in [-0.4, -0.2) is 27.4 Å². The van der Waals surface area contributed by atoms with Gasteiger partial charge in [0.2, 0.25) is 0 Å². The summed E-state index contributed by atoms with van der Waals surface area (Å²) in [6, 6.07) is 5.42. The summed E-state index contributed by atoms with van der Waals surface area (Å²) in [5.41, 5.74) is 0.631. The van der Waals surface area contributed by atoms with Crippen molar-refractivity contribution in [3.63, 3.8) is 0 Å². The van der Waals surface area contributed by atoms with Crippen molar-refractivity contribution in [2.24, 2.45) is 7.05 Å². The topological polar surface area (TPSA) is 57.0 Å². The van der Waals surface area contributed by atoms with Crippen molar-refractivity contribution < 1.29 is 22.7 Å². The molecule has 5 nitrogen and oxygen atoms in total. The van der Waals surface area contributed by atoms with Gasteiger partial charge in [0.25, 0.3) is 0 Å². The highest BCUT2D eigenvalue weighted by Gasteiger charge is 2.31. The minimum absolute atomic E-state index is 0.287. The Morgan fingerprint density at radius 1 is 1.23 bits per heavy atom. The molecule has 0 spiro atoms. The van der Waals surface area contributed by atoms with Gasteiger partial charge in [-0.3, -0.25) is 0 Å². The minimum atomic E-state index is -4.71. The van der Waals surface area contributed by atoms with E-state index in [1.54, 1.807) is 11.6 Å². The molecule has 0 bridgehead atoms. The van der Waals surface area contributed by atoms with E-state index in [0.29, 0.717) is 36.5 Å². The number of unbranched alkanes of at least 4 members (excludes halogenated alkanes) is 1. The molecule has 2 aromatic rings. The van der Waals surface area contributed by atoms with Crippen molar-refractivity contribution in [3.05, 3.63) is 30.1 Å². The Bertz CT molecular complexity index is 636. The summed E-state index contributed by atoms with van der Waals surface area (Å²) < 4.78 is 41.9.